The summed E-state index contributed by atoms with van der Waals surface area (Å²) in [6, 6.07) is 16.5. The van der Waals surface area contributed by atoms with Gasteiger partial charge in [0.15, 0.2) is 6.61 Å². The molecule has 3 aromatic rings. The van der Waals surface area contributed by atoms with Gasteiger partial charge in [0.05, 0.1) is 19.3 Å². The zero-order valence-corrected chi connectivity index (χ0v) is 20.6. The summed E-state index contributed by atoms with van der Waals surface area (Å²) in [4.78, 5) is 38.9. The number of carbonyl (C=O) groups excluding carboxylic acids is 3. The number of benzene rings is 2. The van der Waals surface area contributed by atoms with Gasteiger partial charge in [-0.1, -0.05) is 30.3 Å². The molecular weight excluding hydrogens is 448 g/mol. The minimum absolute atomic E-state index is 0.147. The van der Waals surface area contributed by atoms with Gasteiger partial charge < -0.3 is 19.7 Å². The van der Waals surface area contributed by atoms with Crippen molar-refractivity contribution in [2.75, 3.05) is 27.3 Å². The first-order valence-electron chi connectivity index (χ1n) is 11.1. The Balaban J connectivity index is 1.80. The summed E-state index contributed by atoms with van der Waals surface area (Å²) in [5, 5.41) is 7.39. The third kappa shape index (κ3) is 6.69. The number of amides is 2. The highest BCUT2D eigenvalue weighted by atomic mass is 16.5. The van der Waals surface area contributed by atoms with E-state index >= 15 is 0 Å². The number of ether oxygens (including phenoxy) is 2. The van der Waals surface area contributed by atoms with E-state index in [-0.39, 0.29) is 18.0 Å². The van der Waals surface area contributed by atoms with E-state index in [9.17, 15) is 14.4 Å². The van der Waals surface area contributed by atoms with Crippen LogP contribution in [-0.2, 0) is 14.3 Å². The van der Waals surface area contributed by atoms with Crippen LogP contribution in [-0.4, -0.2) is 65.3 Å². The predicted octanol–water partition coefficient (Wildman–Crippen LogP) is 3.08. The highest BCUT2D eigenvalue weighted by Gasteiger charge is 2.24. The second kappa shape index (κ2) is 10.9. The largest absolute Gasteiger partial charge is 0.496 e. The minimum atomic E-state index is -0.714. The molecule has 0 saturated heterocycles. The number of hydrogen-bond donors (Lipinski definition) is 1. The summed E-state index contributed by atoms with van der Waals surface area (Å²) < 4.78 is 12.3. The molecule has 0 bridgehead atoms. The lowest BCUT2D eigenvalue weighted by molar-refractivity contribution is -0.137. The van der Waals surface area contributed by atoms with Crippen LogP contribution in [0.1, 0.15) is 31.1 Å². The molecule has 0 spiro atoms. The monoisotopic (exact) mass is 478 g/mol. The number of aromatic nitrogens is 2. The molecule has 35 heavy (non-hydrogen) atoms. The van der Waals surface area contributed by atoms with Crippen LogP contribution in [0, 0.1) is 0 Å². The number of methoxy groups -OCH3 is 1. The minimum Gasteiger partial charge on any atom is -0.496 e. The Hall–Kier alpha value is -4.14. The molecule has 0 aliphatic heterocycles. The quantitative estimate of drug-likeness (QED) is 0.499. The fourth-order valence-electron chi connectivity index (χ4n) is 3.35. The molecule has 3 rings (SSSR count). The molecular formula is C26H30N4O5. The van der Waals surface area contributed by atoms with Crippen LogP contribution in [0.3, 0.4) is 0 Å². The zero-order valence-electron chi connectivity index (χ0n) is 20.6. The summed E-state index contributed by atoms with van der Waals surface area (Å²) >= 11 is 0. The van der Waals surface area contributed by atoms with E-state index in [2.05, 4.69) is 10.4 Å². The van der Waals surface area contributed by atoms with Crippen molar-refractivity contribution in [2.24, 2.45) is 0 Å². The van der Waals surface area contributed by atoms with Crippen LogP contribution in [0.25, 0.3) is 16.9 Å². The number of hydrogen-bond acceptors (Lipinski definition) is 6. The number of rotatable bonds is 8. The number of nitrogens with one attached hydrogen (secondary N) is 1. The molecule has 184 valence electrons. The lowest BCUT2D eigenvalue weighted by Gasteiger charge is -2.23. The summed E-state index contributed by atoms with van der Waals surface area (Å²) in [7, 11) is 3.02. The van der Waals surface area contributed by atoms with Crippen molar-refractivity contribution in [2.45, 2.75) is 26.3 Å². The van der Waals surface area contributed by atoms with E-state index < -0.39 is 24.0 Å². The molecule has 9 heteroatoms. The Kier molecular flexibility index (Phi) is 7.91. The van der Waals surface area contributed by atoms with Crippen LogP contribution in [0.2, 0.25) is 0 Å². The second-order valence-electron chi connectivity index (χ2n) is 9.00. The van der Waals surface area contributed by atoms with Crippen LogP contribution < -0.4 is 10.1 Å². The number of carbonyl (C=O) groups is 3. The van der Waals surface area contributed by atoms with E-state index in [1.54, 1.807) is 23.0 Å². The number of para-hydroxylation sites is 2. The maximum Gasteiger partial charge on any atom is 0.342 e. The fourth-order valence-corrected chi connectivity index (χ4v) is 3.35. The third-order valence-corrected chi connectivity index (χ3v) is 4.96. The van der Waals surface area contributed by atoms with E-state index in [0.717, 1.165) is 5.69 Å². The van der Waals surface area contributed by atoms with Gasteiger partial charge in [-0.05, 0) is 45.0 Å². The van der Waals surface area contributed by atoms with Gasteiger partial charge in [-0.2, -0.15) is 5.10 Å². The summed E-state index contributed by atoms with van der Waals surface area (Å²) in [6.45, 7) is 4.89. The maximum atomic E-state index is 13.1. The molecule has 2 amide bonds. The first-order valence-corrected chi connectivity index (χ1v) is 11.1. The van der Waals surface area contributed by atoms with Crippen molar-refractivity contribution in [1.82, 2.24) is 20.0 Å². The Morgan fingerprint density at radius 3 is 2.34 bits per heavy atom. The van der Waals surface area contributed by atoms with Crippen molar-refractivity contribution in [1.29, 1.82) is 0 Å². The third-order valence-electron chi connectivity index (χ3n) is 4.96. The molecule has 0 radical (unpaired) electrons. The standard InChI is InChI=1S/C26H30N4O5/c1-26(2,3)27-22(31)16-29(4)23(32)17-35-25(33)20-15-30(18-11-7-6-8-12-18)28-24(20)19-13-9-10-14-21(19)34-5/h6-15H,16-17H2,1-5H3,(H,27,31). The molecule has 0 aliphatic rings. The average Bonchev–Trinajstić information content (AvgIpc) is 3.27. The average molecular weight is 479 g/mol. The van der Waals surface area contributed by atoms with E-state index in [1.165, 1.54) is 19.1 Å². The van der Waals surface area contributed by atoms with Gasteiger partial charge in [0.2, 0.25) is 5.91 Å². The first kappa shape index (κ1) is 25.5. The Morgan fingerprint density at radius 2 is 1.69 bits per heavy atom. The van der Waals surface area contributed by atoms with Gasteiger partial charge in [0.25, 0.3) is 5.91 Å². The molecule has 0 fully saturated rings. The van der Waals surface area contributed by atoms with Gasteiger partial charge in [-0.15, -0.1) is 0 Å². The molecule has 0 atom stereocenters. The first-order chi connectivity index (χ1) is 16.6. The van der Waals surface area contributed by atoms with E-state index in [1.807, 2.05) is 63.2 Å². The molecule has 0 aliphatic carbocycles. The van der Waals surface area contributed by atoms with Gasteiger partial charge in [-0.25, -0.2) is 9.48 Å². The lowest BCUT2D eigenvalue weighted by Crippen LogP contribution is -2.46. The SMILES string of the molecule is COc1ccccc1-c1nn(-c2ccccc2)cc1C(=O)OCC(=O)N(C)CC(=O)NC(C)(C)C. The topological polar surface area (TPSA) is 103 Å². The normalized spacial score (nSPS) is 11.0. The summed E-state index contributed by atoms with van der Waals surface area (Å²) in [5.41, 5.74) is 1.49. The number of esters is 1. The maximum absolute atomic E-state index is 13.1. The van der Waals surface area contributed by atoms with Crippen LogP contribution in [0.5, 0.6) is 5.75 Å². The summed E-state index contributed by atoms with van der Waals surface area (Å²) in [5.74, 6) is -0.978. The lowest BCUT2D eigenvalue weighted by atomic mass is 10.1. The molecule has 0 unspecified atom stereocenters. The summed E-state index contributed by atoms with van der Waals surface area (Å²) in [6.07, 6.45) is 1.56. The van der Waals surface area contributed by atoms with Crippen molar-refractivity contribution in [3.8, 4) is 22.7 Å². The zero-order chi connectivity index (χ0) is 25.6. The van der Waals surface area contributed by atoms with E-state index in [0.29, 0.717) is 17.0 Å². The molecule has 1 heterocycles. The molecule has 9 nitrogen and oxygen atoms in total. The van der Waals surface area contributed by atoms with Gasteiger partial charge in [-0.3, -0.25) is 9.59 Å². The second-order valence-corrected chi connectivity index (χ2v) is 9.00. The molecule has 0 saturated carbocycles. The van der Waals surface area contributed by atoms with Crippen molar-refractivity contribution in [3.05, 3.63) is 66.4 Å². The van der Waals surface area contributed by atoms with Gasteiger partial charge in [0.1, 0.15) is 17.0 Å². The Bertz CT molecular complexity index is 1200. The van der Waals surface area contributed by atoms with E-state index in [4.69, 9.17) is 9.47 Å². The van der Waals surface area contributed by atoms with Gasteiger partial charge >= 0.3 is 5.97 Å². The smallest absolute Gasteiger partial charge is 0.342 e. The highest BCUT2D eigenvalue weighted by Crippen LogP contribution is 2.32. The van der Waals surface area contributed by atoms with Crippen LogP contribution >= 0.6 is 0 Å². The van der Waals surface area contributed by atoms with Crippen molar-refractivity contribution in [3.63, 3.8) is 0 Å². The Morgan fingerprint density at radius 1 is 1.03 bits per heavy atom. The van der Waals surface area contributed by atoms with Crippen molar-refractivity contribution < 1.29 is 23.9 Å². The van der Waals surface area contributed by atoms with Crippen LogP contribution in [0.4, 0.5) is 0 Å². The predicted molar refractivity (Wildman–Crippen MR) is 131 cm³/mol. The number of nitrogens with zero attached hydrogens (tertiary/aromatic N) is 3. The fraction of sp³-hybridized carbons (Fsp3) is 0.308. The van der Waals surface area contributed by atoms with Crippen LogP contribution in [0.15, 0.2) is 60.8 Å². The molecule has 2 aromatic carbocycles. The molecule has 1 aromatic heterocycles. The number of likely N-dealkylation sites (N-methyl/N-ethyl adjacent to an activating group) is 1. The van der Waals surface area contributed by atoms with Crippen molar-refractivity contribution >= 4 is 17.8 Å². The Labute approximate surface area is 204 Å². The molecule has 1 N–H and O–H groups in total. The highest BCUT2D eigenvalue weighted by molar-refractivity contribution is 5.98. The van der Waals surface area contributed by atoms with Gasteiger partial charge in [0, 0.05) is 24.3 Å².